The molecular weight excluding hydrogens is 185 g/mol. The highest BCUT2D eigenvalue weighted by Crippen LogP contribution is 2.14. The summed E-state index contributed by atoms with van der Waals surface area (Å²) in [6, 6.07) is 0. The van der Waals surface area contributed by atoms with Gasteiger partial charge in [0, 0.05) is 5.54 Å². The number of hydrogen-bond acceptors (Lipinski definition) is 2. The van der Waals surface area contributed by atoms with Gasteiger partial charge in [0.15, 0.2) is 6.61 Å². The predicted molar refractivity (Wildman–Crippen MR) is 47.0 cm³/mol. The van der Waals surface area contributed by atoms with Crippen LogP contribution in [0.5, 0.6) is 0 Å². The maximum atomic E-state index is 5.54. The molecule has 11 heavy (non-hydrogen) atoms. The van der Waals surface area contributed by atoms with Gasteiger partial charge in [0.25, 0.3) is 0 Å². The van der Waals surface area contributed by atoms with Gasteiger partial charge in [0.1, 0.15) is 0 Å². The fraction of sp³-hybridized carbons (Fsp3) is 0.571. The molecule has 62 valence electrons. The van der Waals surface area contributed by atoms with Gasteiger partial charge in [-0.05, 0) is 19.3 Å². The van der Waals surface area contributed by atoms with Crippen molar-refractivity contribution < 1.29 is 4.84 Å². The van der Waals surface area contributed by atoms with Crippen LogP contribution in [0.4, 0.5) is 0 Å². The van der Waals surface area contributed by atoms with Gasteiger partial charge in [-0.15, -0.1) is 0 Å². The topological polar surface area (TPSA) is 21.6 Å². The molecule has 0 amide bonds. The molecule has 0 radical (unpaired) electrons. The fourth-order valence-electron chi connectivity index (χ4n) is 0.643. The van der Waals surface area contributed by atoms with Crippen LogP contribution >= 0.6 is 23.2 Å². The third-order valence-electron chi connectivity index (χ3n) is 1.45. The largest absolute Gasteiger partial charge is 0.390 e. The summed E-state index contributed by atoms with van der Waals surface area (Å²) in [6.07, 6.45) is 3.34. The summed E-state index contributed by atoms with van der Waals surface area (Å²) in [5.74, 6) is 0. The predicted octanol–water partition coefficient (Wildman–Crippen LogP) is 2.86. The molecule has 0 N–H and O–H groups in total. The van der Waals surface area contributed by atoms with Crippen LogP contribution in [0.3, 0.4) is 0 Å². The first kappa shape index (κ1) is 8.88. The van der Waals surface area contributed by atoms with E-state index >= 15 is 0 Å². The Bertz CT molecular complexity index is 183. The highest BCUT2D eigenvalue weighted by Gasteiger charge is 2.10. The second-order valence-electron chi connectivity index (χ2n) is 2.34. The van der Waals surface area contributed by atoms with Crippen molar-refractivity contribution in [2.24, 2.45) is 5.16 Å². The number of halogens is 2. The van der Waals surface area contributed by atoms with E-state index in [1.54, 1.807) is 0 Å². The summed E-state index contributed by atoms with van der Waals surface area (Å²) in [5, 5.41) is 4.32. The molecule has 0 aromatic carbocycles. The molecule has 1 saturated carbocycles. The molecule has 0 aromatic heterocycles. The van der Waals surface area contributed by atoms with Crippen molar-refractivity contribution in [1.29, 1.82) is 0 Å². The van der Waals surface area contributed by atoms with Gasteiger partial charge in [-0.2, -0.15) is 0 Å². The summed E-state index contributed by atoms with van der Waals surface area (Å²) in [6.45, 7) is 0.272. The molecule has 0 atom stereocenters. The van der Waals surface area contributed by atoms with Crippen molar-refractivity contribution in [1.82, 2.24) is 0 Å². The van der Waals surface area contributed by atoms with E-state index < -0.39 is 0 Å². The van der Waals surface area contributed by atoms with Gasteiger partial charge >= 0.3 is 0 Å². The van der Waals surface area contributed by atoms with Crippen molar-refractivity contribution >= 4 is 28.9 Å². The van der Waals surface area contributed by atoms with E-state index in [1.165, 1.54) is 12.0 Å². The Kier molecular flexibility index (Phi) is 3.73. The van der Waals surface area contributed by atoms with E-state index in [0.29, 0.717) is 5.03 Å². The highest BCUT2D eigenvalue weighted by atomic mass is 35.5. The average Bonchev–Trinajstić information content (AvgIpc) is 1.94. The van der Waals surface area contributed by atoms with Crippen molar-refractivity contribution in [3.63, 3.8) is 0 Å². The maximum absolute atomic E-state index is 5.54. The molecule has 0 heterocycles. The Morgan fingerprint density at radius 1 is 1.64 bits per heavy atom. The molecule has 1 aliphatic carbocycles. The SMILES string of the molecule is Cl/C=C(/Cl)CON=C1CCC1. The zero-order valence-electron chi connectivity index (χ0n) is 6.02. The smallest absolute Gasteiger partial charge is 0.153 e. The van der Waals surface area contributed by atoms with Crippen molar-refractivity contribution in [2.45, 2.75) is 19.3 Å². The Morgan fingerprint density at radius 2 is 2.36 bits per heavy atom. The zero-order chi connectivity index (χ0) is 8.10. The minimum atomic E-state index is 0.272. The monoisotopic (exact) mass is 193 g/mol. The maximum Gasteiger partial charge on any atom is 0.153 e. The second kappa shape index (κ2) is 4.62. The second-order valence-corrected chi connectivity index (χ2v) is 3.04. The van der Waals surface area contributed by atoms with Crippen LogP contribution in [0, 0.1) is 0 Å². The Hall–Kier alpha value is -0.210. The van der Waals surface area contributed by atoms with Crippen LogP contribution in [0.1, 0.15) is 19.3 Å². The average molecular weight is 194 g/mol. The number of nitrogens with zero attached hydrogens (tertiary/aromatic N) is 1. The molecule has 0 aliphatic heterocycles. The first-order valence-electron chi connectivity index (χ1n) is 3.45. The minimum absolute atomic E-state index is 0.272. The van der Waals surface area contributed by atoms with E-state index in [2.05, 4.69) is 5.16 Å². The summed E-state index contributed by atoms with van der Waals surface area (Å²) in [5.41, 5.74) is 2.40. The molecule has 1 rings (SSSR count). The van der Waals surface area contributed by atoms with Crippen molar-refractivity contribution in [3.8, 4) is 0 Å². The van der Waals surface area contributed by atoms with Gasteiger partial charge < -0.3 is 4.84 Å². The van der Waals surface area contributed by atoms with E-state index in [-0.39, 0.29) is 6.61 Å². The summed E-state index contributed by atoms with van der Waals surface area (Å²) in [4.78, 5) is 4.89. The van der Waals surface area contributed by atoms with Crippen molar-refractivity contribution in [2.75, 3.05) is 6.61 Å². The first-order valence-corrected chi connectivity index (χ1v) is 4.27. The van der Waals surface area contributed by atoms with Crippen LogP contribution in [0.15, 0.2) is 15.7 Å². The van der Waals surface area contributed by atoms with Crippen LogP contribution in [-0.4, -0.2) is 12.3 Å². The Morgan fingerprint density at radius 3 is 2.82 bits per heavy atom. The van der Waals surface area contributed by atoms with Gasteiger partial charge in [-0.3, -0.25) is 0 Å². The standard InChI is InChI=1S/C7H9Cl2NO/c8-4-6(9)5-11-10-7-2-1-3-7/h4H,1-3,5H2/b6-4+. The van der Waals surface area contributed by atoms with Crippen LogP contribution in [-0.2, 0) is 4.84 Å². The number of oxime groups is 1. The Balaban J connectivity index is 2.12. The molecule has 0 spiro atoms. The minimum Gasteiger partial charge on any atom is -0.390 e. The lowest BCUT2D eigenvalue weighted by Gasteiger charge is -2.12. The molecule has 1 fully saturated rings. The van der Waals surface area contributed by atoms with Crippen LogP contribution < -0.4 is 0 Å². The molecule has 4 heteroatoms. The van der Waals surface area contributed by atoms with Gasteiger partial charge in [0.05, 0.1) is 10.7 Å². The highest BCUT2D eigenvalue weighted by molar-refractivity contribution is 6.36. The van der Waals surface area contributed by atoms with E-state index in [4.69, 9.17) is 28.0 Å². The van der Waals surface area contributed by atoms with Gasteiger partial charge in [-0.1, -0.05) is 28.4 Å². The van der Waals surface area contributed by atoms with Crippen LogP contribution in [0.2, 0.25) is 0 Å². The quantitative estimate of drug-likeness (QED) is 0.633. The molecule has 0 aromatic rings. The molecule has 2 nitrogen and oxygen atoms in total. The van der Waals surface area contributed by atoms with Gasteiger partial charge in [-0.25, -0.2) is 0 Å². The third-order valence-corrected chi connectivity index (χ3v) is 2.04. The van der Waals surface area contributed by atoms with Crippen molar-refractivity contribution in [3.05, 3.63) is 10.6 Å². The normalized spacial score (nSPS) is 17.6. The molecular formula is C7H9Cl2NO. The summed E-state index contributed by atoms with van der Waals surface area (Å²) >= 11 is 10.8. The van der Waals surface area contributed by atoms with Gasteiger partial charge in [0.2, 0.25) is 0 Å². The first-order chi connectivity index (χ1) is 5.33. The summed E-state index contributed by atoms with van der Waals surface area (Å²) in [7, 11) is 0. The van der Waals surface area contributed by atoms with E-state index in [0.717, 1.165) is 18.6 Å². The summed E-state index contributed by atoms with van der Waals surface area (Å²) < 4.78 is 0. The van der Waals surface area contributed by atoms with E-state index in [1.807, 2.05) is 0 Å². The lowest BCUT2D eigenvalue weighted by molar-refractivity contribution is 0.169. The number of rotatable bonds is 3. The van der Waals surface area contributed by atoms with Crippen LogP contribution in [0.25, 0.3) is 0 Å². The Labute approximate surface area is 75.8 Å². The zero-order valence-corrected chi connectivity index (χ0v) is 7.53. The lowest BCUT2D eigenvalue weighted by atomic mass is 9.98. The molecule has 1 aliphatic rings. The fourth-order valence-corrected chi connectivity index (χ4v) is 0.755. The third kappa shape index (κ3) is 3.12. The molecule has 0 bridgehead atoms. The molecule has 0 unspecified atom stereocenters. The number of hydrogen-bond donors (Lipinski definition) is 0. The molecule has 0 saturated heterocycles. The van der Waals surface area contributed by atoms with E-state index in [9.17, 15) is 0 Å². The lowest BCUT2D eigenvalue weighted by Crippen LogP contribution is -2.10.